The fourth-order valence-electron chi connectivity index (χ4n) is 2.97. The molecule has 1 atom stereocenters. The predicted molar refractivity (Wildman–Crippen MR) is 94.2 cm³/mol. The number of aromatic nitrogens is 2. The van der Waals surface area contributed by atoms with E-state index in [1.165, 1.54) is 0 Å². The minimum atomic E-state index is -2.95. The number of likely N-dealkylation sites (N-methyl/N-ethyl adjacent to an activating group) is 1. The molecule has 1 aromatic carbocycles. The van der Waals surface area contributed by atoms with Gasteiger partial charge in [0.25, 0.3) is 0 Å². The van der Waals surface area contributed by atoms with Crippen molar-refractivity contribution < 1.29 is 17.9 Å². The molecule has 8 nitrogen and oxygen atoms in total. The van der Waals surface area contributed by atoms with Crippen LogP contribution in [0, 0.1) is 0 Å². The van der Waals surface area contributed by atoms with Crippen molar-refractivity contribution in [1.29, 1.82) is 0 Å². The van der Waals surface area contributed by atoms with Crippen molar-refractivity contribution in [1.82, 2.24) is 20.2 Å². The Kier molecular flexibility index (Phi) is 4.96. The van der Waals surface area contributed by atoms with Gasteiger partial charge in [0.05, 0.1) is 42.7 Å². The van der Waals surface area contributed by atoms with E-state index in [0.717, 1.165) is 16.8 Å². The van der Waals surface area contributed by atoms with Gasteiger partial charge in [-0.25, -0.2) is 13.4 Å². The predicted octanol–water partition coefficient (Wildman–Crippen LogP) is 0.307. The van der Waals surface area contributed by atoms with Crippen LogP contribution >= 0.6 is 0 Å². The van der Waals surface area contributed by atoms with Gasteiger partial charge in [0, 0.05) is 12.1 Å². The second kappa shape index (κ2) is 7.01. The lowest BCUT2D eigenvalue weighted by atomic mass is 10.2. The number of methoxy groups -OCH3 is 1. The SMILES string of the molecule is COc1ccc2nc(CNC(=O)CN(C)C3CCS(=O)(=O)C3)[nH]c2c1. The summed E-state index contributed by atoms with van der Waals surface area (Å²) < 4.78 is 28.2. The first-order valence-electron chi connectivity index (χ1n) is 8.06. The molecule has 2 N–H and O–H groups in total. The Hall–Kier alpha value is -2.13. The van der Waals surface area contributed by atoms with Gasteiger partial charge >= 0.3 is 0 Å². The third kappa shape index (κ3) is 4.29. The number of nitrogens with zero attached hydrogens (tertiary/aromatic N) is 2. The van der Waals surface area contributed by atoms with Crippen LogP contribution in [0.4, 0.5) is 0 Å². The summed E-state index contributed by atoms with van der Waals surface area (Å²) in [6.45, 7) is 0.445. The standard InChI is InChI=1S/C16H22N4O4S/c1-20(11-5-6-25(22,23)10-11)9-16(21)17-8-15-18-13-4-3-12(24-2)7-14(13)19-15/h3-4,7,11H,5-6,8-10H2,1-2H3,(H,17,21)(H,18,19). The second-order valence-corrected chi connectivity index (χ2v) is 8.54. The Labute approximate surface area is 146 Å². The van der Waals surface area contributed by atoms with Crippen LogP contribution in [0.3, 0.4) is 0 Å². The van der Waals surface area contributed by atoms with Gasteiger partial charge in [0.2, 0.25) is 5.91 Å². The third-order valence-corrected chi connectivity index (χ3v) is 6.17. The van der Waals surface area contributed by atoms with Gasteiger partial charge in [0.1, 0.15) is 11.6 Å². The number of hydrogen-bond donors (Lipinski definition) is 2. The maximum Gasteiger partial charge on any atom is 0.234 e. The minimum absolute atomic E-state index is 0.0885. The molecule has 1 saturated heterocycles. The normalized spacial score (nSPS) is 19.4. The molecule has 1 aliphatic rings. The first kappa shape index (κ1) is 17.7. The third-order valence-electron chi connectivity index (χ3n) is 4.42. The van der Waals surface area contributed by atoms with Gasteiger partial charge in [-0.15, -0.1) is 0 Å². The fraction of sp³-hybridized carbons (Fsp3) is 0.500. The van der Waals surface area contributed by atoms with Crippen molar-refractivity contribution in [2.75, 3.05) is 32.2 Å². The van der Waals surface area contributed by atoms with E-state index in [1.54, 1.807) is 19.1 Å². The number of carbonyl (C=O) groups excluding carboxylic acids is 1. The molecule has 1 unspecified atom stereocenters. The number of carbonyl (C=O) groups is 1. The number of aromatic amines is 1. The number of sulfone groups is 1. The molecule has 1 amide bonds. The number of H-pyrrole nitrogens is 1. The molecular formula is C16H22N4O4S. The Morgan fingerprint density at radius 2 is 2.28 bits per heavy atom. The number of benzene rings is 1. The van der Waals surface area contributed by atoms with Gasteiger partial charge in [-0.1, -0.05) is 0 Å². The summed E-state index contributed by atoms with van der Waals surface area (Å²) in [5.74, 6) is 1.56. The molecular weight excluding hydrogens is 344 g/mol. The number of ether oxygens (including phenoxy) is 1. The molecule has 3 rings (SSSR count). The molecule has 1 aromatic heterocycles. The van der Waals surface area contributed by atoms with Crippen molar-refractivity contribution in [3.05, 3.63) is 24.0 Å². The molecule has 0 saturated carbocycles. The second-order valence-electron chi connectivity index (χ2n) is 6.32. The Morgan fingerprint density at radius 1 is 1.48 bits per heavy atom. The lowest BCUT2D eigenvalue weighted by Crippen LogP contribution is -2.41. The van der Waals surface area contributed by atoms with Crippen LogP contribution in [0.5, 0.6) is 5.75 Å². The number of imidazole rings is 1. The first-order valence-corrected chi connectivity index (χ1v) is 9.88. The number of hydrogen-bond acceptors (Lipinski definition) is 6. The van der Waals surface area contributed by atoms with Crippen LogP contribution in [0.1, 0.15) is 12.2 Å². The Balaban J connectivity index is 1.53. The van der Waals surface area contributed by atoms with Gasteiger partial charge in [-0.05, 0) is 25.6 Å². The summed E-state index contributed by atoms with van der Waals surface area (Å²) in [6, 6.07) is 5.44. The lowest BCUT2D eigenvalue weighted by molar-refractivity contribution is -0.122. The quantitative estimate of drug-likeness (QED) is 0.762. The zero-order valence-electron chi connectivity index (χ0n) is 14.3. The zero-order valence-corrected chi connectivity index (χ0v) is 15.1. The lowest BCUT2D eigenvalue weighted by Gasteiger charge is -2.22. The molecule has 0 spiro atoms. The maximum atomic E-state index is 12.1. The topological polar surface area (TPSA) is 104 Å². The van der Waals surface area contributed by atoms with Crippen LogP contribution in [0.15, 0.2) is 18.2 Å². The Morgan fingerprint density at radius 3 is 2.96 bits per heavy atom. The highest BCUT2D eigenvalue weighted by Crippen LogP contribution is 2.19. The van der Waals surface area contributed by atoms with Crippen LogP contribution in [-0.2, 0) is 21.2 Å². The summed E-state index contributed by atoms with van der Waals surface area (Å²) >= 11 is 0. The molecule has 0 aliphatic carbocycles. The van der Waals surface area contributed by atoms with Crippen molar-refractivity contribution in [3.8, 4) is 5.75 Å². The van der Waals surface area contributed by atoms with Gasteiger partial charge in [-0.3, -0.25) is 9.69 Å². The molecule has 136 valence electrons. The maximum absolute atomic E-state index is 12.1. The van der Waals surface area contributed by atoms with Crippen molar-refractivity contribution in [2.24, 2.45) is 0 Å². The molecule has 2 heterocycles. The van der Waals surface area contributed by atoms with E-state index in [4.69, 9.17) is 4.74 Å². The summed E-state index contributed by atoms with van der Waals surface area (Å²) in [4.78, 5) is 21.5. The fourth-order valence-corrected chi connectivity index (χ4v) is 4.77. The van der Waals surface area contributed by atoms with Crippen LogP contribution in [0.25, 0.3) is 11.0 Å². The van der Waals surface area contributed by atoms with E-state index in [9.17, 15) is 13.2 Å². The first-order chi connectivity index (χ1) is 11.9. The van der Waals surface area contributed by atoms with E-state index in [1.807, 2.05) is 18.2 Å². The highest BCUT2D eigenvalue weighted by atomic mass is 32.2. The molecule has 1 fully saturated rings. The summed E-state index contributed by atoms with van der Waals surface area (Å²) in [5.41, 5.74) is 1.65. The van der Waals surface area contributed by atoms with E-state index >= 15 is 0 Å². The van der Waals surface area contributed by atoms with Crippen molar-refractivity contribution >= 4 is 26.8 Å². The minimum Gasteiger partial charge on any atom is -0.497 e. The largest absolute Gasteiger partial charge is 0.497 e. The van der Waals surface area contributed by atoms with Crippen LogP contribution < -0.4 is 10.1 Å². The molecule has 9 heteroatoms. The molecule has 2 aromatic rings. The summed E-state index contributed by atoms with van der Waals surface area (Å²) in [6.07, 6.45) is 0.581. The average molecular weight is 366 g/mol. The van der Waals surface area contributed by atoms with E-state index < -0.39 is 9.84 Å². The van der Waals surface area contributed by atoms with Crippen molar-refractivity contribution in [3.63, 3.8) is 0 Å². The van der Waals surface area contributed by atoms with E-state index in [2.05, 4.69) is 15.3 Å². The van der Waals surface area contributed by atoms with Crippen molar-refractivity contribution in [2.45, 2.75) is 19.0 Å². The number of rotatable bonds is 6. The van der Waals surface area contributed by atoms with Gasteiger partial charge in [0.15, 0.2) is 9.84 Å². The smallest absolute Gasteiger partial charge is 0.234 e. The zero-order chi connectivity index (χ0) is 18.0. The highest BCUT2D eigenvalue weighted by Gasteiger charge is 2.31. The Bertz CT molecular complexity index is 877. The number of fused-ring (bicyclic) bond motifs is 1. The molecule has 1 aliphatic heterocycles. The molecule has 25 heavy (non-hydrogen) atoms. The highest BCUT2D eigenvalue weighted by molar-refractivity contribution is 7.91. The average Bonchev–Trinajstić information content (AvgIpc) is 3.14. The van der Waals surface area contributed by atoms with Crippen LogP contribution in [-0.4, -0.2) is 67.4 Å². The molecule has 0 bridgehead atoms. The van der Waals surface area contributed by atoms with Gasteiger partial charge < -0.3 is 15.0 Å². The van der Waals surface area contributed by atoms with Gasteiger partial charge in [-0.2, -0.15) is 0 Å². The summed E-state index contributed by atoms with van der Waals surface area (Å²) in [7, 11) is 0.428. The van der Waals surface area contributed by atoms with E-state index in [0.29, 0.717) is 12.2 Å². The number of nitrogens with one attached hydrogen (secondary N) is 2. The summed E-state index contributed by atoms with van der Waals surface area (Å²) in [5, 5.41) is 2.81. The van der Waals surface area contributed by atoms with E-state index in [-0.39, 0.29) is 36.5 Å². The number of amides is 1. The monoisotopic (exact) mass is 366 g/mol. The molecule has 0 radical (unpaired) electrons. The van der Waals surface area contributed by atoms with Crippen LogP contribution in [0.2, 0.25) is 0 Å².